The lowest BCUT2D eigenvalue weighted by Crippen LogP contribution is -2.27. The monoisotopic (exact) mass is 249 g/mol. The highest BCUT2D eigenvalue weighted by Gasteiger charge is 2.12. The van der Waals surface area contributed by atoms with Gasteiger partial charge in [-0.05, 0) is 26.3 Å². The molecule has 0 saturated carbocycles. The lowest BCUT2D eigenvalue weighted by atomic mass is 10.1. The van der Waals surface area contributed by atoms with Gasteiger partial charge in [0.15, 0.2) is 5.76 Å². The first-order valence-corrected chi connectivity index (χ1v) is 6.81. The molecule has 4 heteroatoms. The maximum absolute atomic E-state index is 5.37. The molecule has 0 aromatic carbocycles. The van der Waals surface area contributed by atoms with E-state index < -0.39 is 0 Å². The van der Waals surface area contributed by atoms with Crippen LogP contribution in [-0.2, 0) is 13.1 Å². The summed E-state index contributed by atoms with van der Waals surface area (Å²) in [4.78, 5) is 2.39. The van der Waals surface area contributed by atoms with E-state index in [-0.39, 0.29) is 0 Å². The highest BCUT2D eigenvalue weighted by Crippen LogP contribution is 2.13. The Balaban J connectivity index is 1.79. The van der Waals surface area contributed by atoms with E-state index in [1.807, 2.05) is 0 Å². The molecule has 4 nitrogen and oxygen atoms in total. The van der Waals surface area contributed by atoms with Crippen LogP contribution in [0.4, 0.5) is 0 Å². The third-order valence-corrected chi connectivity index (χ3v) is 3.24. The van der Waals surface area contributed by atoms with Crippen molar-refractivity contribution in [3.05, 3.63) is 29.2 Å². The van der Waals surface area contributed by atoms with Gasteiger partial charge >= 0.3 is 0 Å². The van der Waals surface area contributed by atoms with Crippen molar-refractivity contribution >= 4 is 0 Å². The van der Waals surface area contributed by atoms with Crippen LogP contribution in [-0.4, -0.2) is 29.7 Å². The summed E-state index contributed by atoms with van der Waals surface area (Å²) in [6, 6.07) is 2.06. The van der Waals surface area contributed by atoms with Gasteiger partial charge in [-0.3, -0.25) is 4.90 Å². The lowest BCUT2D eigenvalue weighted by Gasteiger charge is -2.23. The molecule has 2 heterocycles. The zero-order valence-electron chi connectivity index (χ0n) is 11.4. The van der Waals surface area contributed by atoms with Crippen molar-refractivity contribution in [1.29, 1.82) is 0 Å². The molecule has 0 unspecified atom stereocenters. The van der Waals surface area contributed by atoms with E-state index in [1.165, 1.54) is 12.0 Å². The molecule has 0 radical (unpaired) electrons. The zero-order chi connectivity index (χ0) is 12.8. The second-order valence-electron chi connectivity index (χ2n) is 5.00. The lowest BCUT2D eigenvalue weighted by molar-refractivity contribution is 0.245. The Morgan fingerprint density at radius 1 is 1.50 bits per heavy atom. The summed E-state index contributed by atoms with van der Waals surface area (Å²) in [6.45, 7) is 9.19. The maximum Gasteiger partial charge on any atom is 0.151 e. The molecule has 0 atom stereocenters. The largest absolute Gasteiger partial charge is 0.360 e. The summed E-state index contributed by atoms with van der Waals surface area (Å²) < 4.78 is 5.37. The Morgan fingerprint density at radius 3 is 3.11 bits per heavy atom. The van der Waals surface area contributed by atoms with Crippen LogP contribution in [0.3, 0.4) is 0 Å². The number of rotatable bonds is 6. The molecule has 0 spiro atoms. The number of hydrogen-bond donors (Lipinski definition) is 1. The predicted octanol–water partition coefficient (Wildman–Crippen LogP) is 2.33. The molecule has 2 rings (SSSR count). The fourth-order valence-corrected chi connectivity index (χ4v) is 2.08. The third-order valence-electron chi connectivity index (χ3n) is 3.24. The van der Waals surface area contributed by atoms with Gasteiger partial charge in [0.05, 0.1) is 12.2 Å². The third kappa shape index (κ3) is 3.96. The smallest absolute Gasteiger partial charge is 0.151 e. The Hall–Kier alpha value is -1.13. The minimum Gasteiger partial charge on any atom is -0.360 e. The number of nitrogens with zero attached hydrogens (tertiary/aromatic N) is 2. The molecule has 0 aliphatic carbocycles. The predicted molar refractivity (Wildman–Crippen MR) is 72.2 cm³/mol. The van der Waals surface area contributed by atoms with Gasteiger partial charge in [0.1, 0.15) is 0 Å². The number of aromatic nitrogens is 1. The average molecular weight is 249 g/mol. The van der Waals surface area contributed by atoms with Gasteiger partial charge in [-0.15, -0.1) is 0 Å². The summed E-state index contributed by atoms with van der Waals surface area (Å²) in [5.41, 5.74) is 2.50. The number of nitrogens with one attached hydrogen (secondary N) is 1. The summed E-state index contributed by atoms with van der Waals surface area (Å²) in [5.74, 6) is 0.969. The summed E-state index contributed by atoms with van der Waals surface area (Å²) >= 11 is 0. The van der Waals surface area contributed by atoms with Gasteiger partial charge in [0.2, 0.25) is 0 Å². The van der Waals surface area contributed by atoms with E-state index in [1.54, 1.807) is 0 Å². The van der Waals surface area contributed by atoms with Gasteiger partial charge in [-0.1, -0.05) is 23.7 Å². The zero-order valence-corrected chi connectivity index (χ0v) is 11.4. The topological polar surface area (TPSA) is 41.3 Å². The first-order chi connectivity index (χ1) is 8.78. The van der Waals surface area contributed by atoms with Crippen molar-refractivity contribution < 1.29 is 4.52 Å². The molecule has 1 aliphatic rings. The summed E-state index contributed by atoms with van der Waals surface area (Å²) in [6.07, 6.45) is 4.60. The Labute approximate surface area is 109 Å². The first kappa shape index (κ1) is 13.3. The second-order valence-corrected chi connectivity index (χ2v) is 5.00. The van der Waals surface area contributed by atoms with Crippen molar-refractivity contribution in [2.75, 3.05) is 19.6 Å². The van der Waals surface area contributed by atoms with Crippen LogP contribution < -0.4 is 5.32 Å². The van der Waals surface area contributed by atoms with Crippen molar-refractivity contribution in [3.8, 4) is 0 Å². The van der Waals surface area contributed by atoms with E-state index in [9.17, 15) is 0 Å². The molecule has 100 valence electrons. The Bertz CT molecular complexity index is 397. The van der Waals surface area contributed by atoms with E-state index in [2.05, 4.69) is 41.4 Å². The van der Waals surface area contributed by atoms with Crippen molar-refractivity contribution in [1.82, 2.24) is 15.4 Å². The molecule has 0 fully saturated rings. The molecule has 1 N–H and O–H groups in total. The standard InChI is InChI=1S/C14H23N3O/c1-3-6-15-10-13-9-14(18-16-13)11-17-7-4-12(2)5-8-17/h4,9,15H,3,5-8,10-11H2,1-2H3. The van der Waals surface area contributed by atoms with Crippen molar-refractivity contribution in [3.63, 3.8) is 0 Å². The molecule has 18 heavy (non-hydrogen) atoms. The molecule has 0 amide bonds. The highest BCUT2D eigenvalue weighted by atomic mass is 16.5. The van der Waals surface area contributed by atoms with Gasteiger partial charge in [-0.25, -0.2) is 0 Å². The number of hydrogen-bond acceptors (Lipinski definition) is 4. The van der Waals surface area contributed by atoms with Crippen LogP contribution in [0.1, 0.15) is 38.1 Å². The molecular weight excluding hydrogens is 226 g/mol. The van der Waals surface area contributed by atoms with Crippen LogP contribution in [0, 0.1) is 0 Å². The van der Waals surface area contributed by atoms with Crippen LogP contribution in [0.5, 0.6) is 0 Å². The van der Waals surface area contributed by atoms with Crippen LogP contribution in [0.2, 0.25) is 0 Å². The second kappa shape index (κ2) is 6.71. The first-order valence-electron chi connectivity index (χ1n) is 6.81. The van der Waals surface area contributed by atoms with Gasteiger partial charge in [0, 0.05) is 25.7 Å². The average Bonchev–Trinajstić information content (AvgIpc) is 2.80. The van der Waals surface area contributed by atoms with E-state index >= 15 is 0 Å². The molecular formula is C14H23N3O. The van der Waals surface area contributed by atoms with Crippen LogP contribution in [0.15, 0.2) is 22.2 Å². The van der Waals surface area contributed by atoms with E-state index in [4.69, 9.17) is 4.52 Å². The van der Waals surface area contributed by atoms with Gasteiger partial charge in [-0.2, -0.15) is 0 Å². The van der Waals surface area contributed by atoms with Crippen molar-refractivity contribution in [2.45, 2.75) is 39.8 Å². The minimum absolute atomic E-state index is 0.802. The van der Waals surface area contributed by atoms with Gasteiger partial charge in [0.25, 0.3) is 0 Å². The molecule has 1 aromatic heterocycles. The molecule has 0 bridgehead atoms. The Morgan fingerprint density at radius 2 is 2.39 bits per heavy atom. The quantitative estimate of drug-likeness (QED) is 0.620. The highest BCUT2D eigenvalue weighted by molar-refractivity contribution is 5.08. The van der Waals surface area contributed by atoms with Crippen LogP contribution >= 0.6 is 0 Å². The van der Waals surface area contributed by atoms with E-state index in [0.29, 0.717) is 0 Å². The minimum atomic E-state index is 0.802. The normalized spacial score (nSPS) is 16.9. The van der Waals surface area contributed by atoms with Gasteiger partial charge < -0.3 is 9.84 Å². The fraction of sp³-hybridized carbons (Fsp3) is 0.643. The van der Waals surface area contributed by atoms with Crippen LogP contribution in [0.25, 0.3) is 0 Å². The molecule has 0 saturated heterocycles. The summed E-state index contributed by atoms with van der Waals surface area (Å²) in [7, 11) is 0. The van der Waals surface area contributed by atoms with E-state index in [0.717, 1.165) is 50.6 Å². The molecule has 1 aromatic rings. The fourth-order valence-electron chi connectivity index (χ4n) is 2.08. The van der Waals surface area contributed by atoms with Crippen molar-refractivity contribution in [2.24, 2.45) is 0 Å². The summed E-state index contributed by atoms with van der Waals surface area (Å²) in [5, 5.41) is 7.42. The molecule has 1 aliphatic heterocycles. The SMILES string of the molecule is CCCNCc1cc(CN2CC=C(C)CC2)on1. The maximum atomic E-state index is 5.37. The Kier molecular flexibility index (Phi) is 4.96.